The number of carbonyl (C=O) groups is 2. The molecular formula is C25H26Cl2N2O6S. The van der Waals surface area contributed by atoms with E-state index in [0.29, 0.717) is 11.3 Å². The maximum Gasteiger partial charge on any atom is 0.324 e. The smallest absolute Gasteiger partial charge is 0.324 e. The van der Waals surface area contributed by atoms with Crippen molar-refractivity contribution in [2.45, 2.75) is 29.1 Å². The van der Waals surface area contributed by atoms with Gasteiger partial charge in [0.1, 0.15) is 29.8 Å². The van der Waals surface area contributed by atoms with E-state index in [0.717, 1.165) is 4.31 Å². The van der Waals surface area contributed by atoms with Crippen LogP contribution in [0.25, 0.3) is 0 Å². The maximum absolute atomic E-state index is 13.6. The molecule has 1 fully saturated rings. The van der Waals surface area contributed by atoms with E-state index in [4.69, 9.17) is 32.7 Å². The van der Waals surface area contributed by atoms with Crippen molar-refractivity contribution in [3.63, 3.8) is 0 Å². The monoisotopic (exact) mass is 552 g/mol. The summed E-state index contributed by atoms with van der Waals surface area (Å²) in [5.41, 5.74) is 0.475. The molecule has 0 radical (unpaired) electrons. The van der Waals surface area contributed by atoms with Gasteiger partial charge in [0, 0.05) is 25.2 Å². The number of benzene rings is 2. The lowest BCUT2D eigenvalue weighted by atomic mass is 10.1. The minimum Gasteiger partial charge on any atom is -0.481 e. The number of halogens is 2. The molecule has 1 amide bonds. The van der Waals surface area contributed by atoms with Gasteiger partial charge in [0.05, 0.1) is 4.90 Å². The minimum atomic E-state index is -4.13. The van der Waals surface area contributed by atoms with Crippen molar-refractivity contribution in [1.82, 2.24) is 9.21 Å². The van der Waals surface area contributed by atoms with Crippen LogP contribution in [0.1, 0.15) is 23.7 Å². The fourth-order valence-electron chi connectivity index (χ4n) is 3.67. The van der Waals surface area contributed by atoms with Crippen LogP contribution in [0.15, 0.2) is 59.5 Å². The van der Waals surface area contributed by atoms with Crippen LogP contribution in [-0.4, -0.2) is 73.2 Å². The normalized spacial score (nSPS) is 16.6. The Bertz CT molecular complexity index is 1210. The molecule has 1 atom stereocenters. The van der Waals surface area contributed by atoms with Crippen LogP contribution < -0.4 is 4.74 Å². The molecule has 8 nitrogen and oxygen atoms in total. The van der Waals surface area contributed by atoms with Crippen molar-refractivity contribution in [3.8, 4) is 17.6 Å². The Balaban J connectivity index is 1.86. The zero-order valence-electron chi connectivity index (χ0n) is 19.6. The molecule has 0 aliphatic carbocycles. The Kier molecular flexibility index (Phi) is 10.0. The van der Waals surface area contributed by atoms with E-state index < -0.39 is 26.9 Å². The standard InChI is InChI=1S/C25H26Cl2N2O6S/c1-2-3-17-34-20-9-11-21(12-10-20)36(32,33)29-16-15-28(24(30)19-7-5-4-6-8-19)14-13-22(29)25(31)35-18-23(26)27/h4-12,22-23H,13-18H2,1H3. The number of amides is 1. The number of rotatable bonds is 8. The van der Waals surface area contributed by atoms with Gasteiger partial charge in [0.2, 0.25) is 10.0 Å². The summed E-state index contributed by atoms with van der Waals surface area (Å²) in [6.07, 6.45) is 0.0444. The molecule has 1 aliphatic rings. The molecule has 11 heteroatoms. The van der Waals surface area contributed by atoms with E-state index in [1.807, 2.05) is 0 Å². The van der Waals surface area contributed by atoms with Crippen LogP contribution in [0.4, 0.5) is 0 Å². The van der Waals surface area contributed by atoms with Crippen molar-refractivity contribution in [1.29, 1.82) is 0 Å². The molecule has 0 N–H and O–H groups in total. The van der Waals surface area contributed by atoms with E-state index >= 15 is 0 Å². The van der Waals surface area contributed by atoms with Gasteiger partial charge in [-0.1, -0.05) is 24.1 Å². The largest absolute Gasteiger partial charge is 0.481 e. The molecular weight excluding hydrogens is 527 g/mol. The van der Waals surface area contributed by atoms with Gasteiger partial charge in [-0.15, -0.1) is 29.1 Å². The molecule has 36 heavy (non-hydrogen) atoms. The fraction of sp³-hybridized carbons (Fsp3) is 0.360. The number of esters is 1. The van der Waals surface area contributed by atoms with Crippen LogP contribution in [0.2, 0.25) is 0 Å². The number of sulfonamides is 1. The van der Waals surface area contributed by atoms with Gasteiger partial charge in [0.15, 0.2) is 0 Å². The van der Waals surface area contributed by atoms with Gasteiger partial charge in [-0.3, -0.25) is 9.59 Å². The van der Waals surface area contributed by atoms with Crippen molar-refractivity contribution < 1.29 is 27.5 Å². The molecule has 3 rings (SSSR count). The number of alkyl halides is 2. The van der Waals surface area contributed by atoms with E-state index in [9.17, 15) is 18.0 Å². The summed E-state index contributed by atoms with van der Waals surface area (Å²) in [5.74, 6) is 4.90. The van der Waals surface area contributed by atoms with Gasteiger partial charge in [-0.05, 0) is 49.7 Å². The highest BCUT2D eigenvalue weighted by atomic mass is 35.5. The molecule has 0 bridgehead atoms. The molecule has 1 unspecified atom stereocenters. The molecule has 0 aromatic heterocycles. The lowest BCUT2D eigenvalue weighted by Gasteiger charge is -2.27. The summed E-state index contributed by atoms with van der Waals surface area (Å²) < 4.78 is 38.9. The topological polar surface area (TPSA) is 93.2 Å². The van der Waals surface area contributed by atoms with Crippen LogP contribution in [-0.2, 0) is 19.6 Å². The number of carbonyl (C=O) groups excluding carboxylic acids is 2. The lowest BCUT2D eigenvalue weighted by Crippen LogP contribution is -2.46. The first-order valence-corrected chi connectivity index (χ1v) is 13.5. The van der Waals surface area contributed by atoms with Crippen LogP contribution in [0, 0.1) is 11.8 Å². The highest BCUT2D eigenvalue weighted by molar-refractivity contribution is 7.89. The fourth-order valence-corrected chi connectivity index (χ4v) is 5.40. The summed E-state index contributed by atoms with van der Waals surface area (Å²) in [6, 6.07) is 13.3. The highest BCUT2D eigenvalue weighted by Gasteiger charge is 2.40. The zero-order valence-corrected chi connectivity index (χ0v) is 21.9. The Morgan fingerprint density at radius 1 is 1.06 bits per heavy atom. The predicted molar refractivity (Wildman–Crippen MR) is 136 cm³/mol. The maximum atomic E-state index is 13.6. The Morgan fingerprint density at radius 2 is 1.75 bits per heavy atom. The SMILES string of the molecule is CC#CCOc1ccc(S(=O)(=O)N2CCN(C(=O)c3ccccc3)CCC2C(=O)OCC(Cl)Cl)cc1. The Labute approximate surface area is 221 Å². The number of hydrogen-bond donors (Lipinski definition) is 0. The van der Waals surface area contributed by atoms with Crippen molar-refractivity contribution in [2.24, 2.45) is 0 Å². The van der Waals surface area contributed by atoms with Gasteiger partial charge >= 0.3 is 5.97 Å². The van der Waals surface area contributed by atoms with E-state index in [1.54, 1.807) is 37.3 Å². The highest BCUT2D eigenvalue weighted by Crippen LogP contribution is 2.25. The van der Waals surface area contributed by atoms with Gasteiger partial charge < -0.3 is 14.4 Å². The second kappa shape index (κ2) is 13.0. The number of hydrogen-bond acceptors (Lipinski definition) is 6. The third-order valence-corrected chi connectivity index (χ3v) is 7.63. The lowest BCUT2D eigenvalue weighted by molar-refractivity contribution is -0.147. The second-order valence-corrected chi connectivity index (χ2v) is 11.0. The second-order valence-electron chi connectivity index (χ2n) is 7.79. The minimum absolute atomic E-state index is 0.0235. The molecule has 0 saturated carbocycles. The first-order valence-electron chi connectivity index (χ1n) is 11.2. The quantitative estimate of drug-likeness (QED) is 0.283. The molecule has 2 aromatic carbocycles. The average molecular weight is 553 g/mol. The Morgan fingerprint density at radius 3 is 2.39 bits per heavy atom. The number of ether oxygens (including phenoxy) is 2. The average Bonchev–Trinajstić information content (AvgIpc) is 3.12. The Hall–Kier alpha value is -2.77. The first-order chi connectivity index (χ1) is 17.2. The predicted octanol–water partition coefficient (Wildman–Crippen LogP) is 3.34. The first kappa shape index (κ1) is 27.8. The summed E-state index contributed by atoms with van der Waals surface area (Å²) in [7, 11) is -4.13. The number of nitrogens with zero attached hydrogens (tertiary/aromatic N) is 2. The van der Waals surface area contributed by atoms with E-state index in [2.05, 4.69) is 11.8 Å². The molecule has 2 aromatic rings. The third-order valence-electron chi connectivity index (χ3n) is 5.46. The van der Waals surface area contributed by atoms with Crippen LogP contribution in [0.3, 0.4) is 0 Å². The summed E-state index contributed by atoms with van der Waals surface area (Å²) in [5, 5.41) is 0. The summed E-state index contributed by atoms with van der Waals surface area (Å²) >= 11 is 11.4. The summed E-state index contributed by atoms with van der Waals surface area (Å²) in [6.45, 7) is 1.74. The summed E-state index contributed by atoms with van der Waals surface area (Å²) in [4.78, 5) is 26.5. The van der Waals surface area contributed by atoms with E-state index in [-0.39, 0.29) is 50.1 Å². The molecule has 1 heterocycles. The van der Waals surface area contributed by atoms with Crippen molar-refractivity contribution in [3.05, 3.63) is 60.2 Å². The zero-order chi connectivity index (χ0) is 26.1. The van der Waals surface area contributed by atoms with Crippen molar-refractivity contribution in [2.75, 3.05) is 32.8 Å². The van der Waals surface area contributed by atoms with Crippen LogP contribution in [0.5, 0.6) is 5.75 Å². The van der Waals surface area contributed by atoms with Gasteiger partial charge in [-0.2, -0.15) is 4.31 Å². The van der Waals surface area contributed by atoms with Crippen molar-refractivity contribution >= 4 is 45.1 Å². The van der Waals surface area contributed by atoms with Gasteiger partial charge in [-0.25, -0.2) is 8.42 Å². The third kappa shape index (κ3) is 7.14. The van der Waals surface area contributed by atoms with E-state index in [1.165, 1.54) is 29.2 Å². The van der Waals surface area contributed by atoms with Crippen LogP contribution >= 0.6 is 23.2 Å². The molecule has 192 valence electrons. The molecule has 0 spiro atoms. The molecule has 1 saturated heterocycles. The van der Waals surface area contributed by atoms with Gasteiger partial charge in [0.25, 0.3) is 5.91 Å². The molecule has 1 aliphatic heterocycles.